The summed E-state index contributed by atoms with van der Waals surface area (Å²) in [5.74, 6) is 0.809. The highest BCUT2D eigenvalue weighted by molar-refractivity contribution is 9.10. The average Bonchev–Trinajstić information content (AvgIpc) is 2.49. The van der Waals surface area contributed by atoms with Gasteiger partial charge in [-0.1, -0.05) is 6.07 Å². The third-order valence-corrected chi connectivity index (χ3v) is 3.20. The number of hydrogen-bond acceptors (Lipinski definition) is 5. The van der Waals surface area contributed by atoms with Crippen LogP contribution in [0.4, 0.5) is 0 Å². The first-order valence-electron chi connectivity index (χ1n) is 7.28. The molecule has 1 N–H and O–H groups in total. The fourth-order valence-electron chi connectivity index (χ4n) is 1.61. The predicted octanol–water partition coefficient (Wildman–Crippen LogP) is 3.57. The number of hydrogen-bond donors (Lipinski definition) is 1. The van der Waals surface area contributed by atoms with E-state index in [-0.39, 0.29) is 18.7 Å². The Morgan fingerprint density at radius 2 is 1.87 bits per heavy atom. The second kappa shape index (κ2) is 16.2. The van der Waals surface area contributed by atoms with Crippen molar-refractivity contribution < 1.29 is 19.0 Å². The Morgan fingerprint density at radius 1 is 1.26 bits per heavy atom. The SMILES string of the molecule is CCOC(C)OCC.COc1ccc(CNCC=O)cc1Br.Cl. The summed E-state index contributed by atoms with van der Waals surface area (Å²) in [5.41, 5.74) is 1.11. The smallest absolute Gasteiger partial charge is 0.154 e. The van der Waals surface area contributed by atoms with E-state index >= 15 is 0 Å². The molecule has 134 valence electrons. The summed E-state index contributed by atoms with van der Waals surface area (Å²) in [6.07, 6.45) is 0.809. The van der Waals surface area contributed by atoms with Crippen LogP contribution in [0.3, 0.4) is 0 Å². The van der Waals surface area contributed by atoms with Gasteiger partial charge in [0.1, 0.15) is 12.0 Å². The molecule has 1 rings (SSSR count). The van der Waals surface area contributed by atoms with Crippen molar-refractivity contribution in [3.8, 4) is 5.75 Å². The number of rotatable bonds is 9. The third kappa shape index (κ3) is 12.4. The topological polar surface area (TPSA) is 56.8 Å². The molecule has 0 aliphatic rings. The van der Waals surface area contributed by atoms with Crippen molar-refractivity contribution >= 4 is 34.6 Å². The molecule has 7 heteroatoms. The van der Waals surface area contributed by atoms with Gasteiger partial charge >= 0.3 is 0 Å². The lowest BCUT2D eigenvalue weighted by Gasteiger charge is -2.09. The van der Waals surface area contributed by atoms with Gasteiger partial charge in [-0.05, 0) is 54.4 Å². The van der Waals surface area contributed by atoms with Gasteiger partial charge in [0, 0.05) is 19.8 Å². The van der Waals surface area contributed by atoms with Gasteiger partial charge < -0.3 is 24.3 Å². The number of carbonyl (C=O) groups excluding carboxylic acids is 1. The first kappa shape index (κ1) is 24.6. The summed E-state index contributed by atoms with van der Waals surface area (Å²) in [5, 5.41) is 2.99. The molecule has 0 amide bonds. The van der Waals surface area contributed by atoms with Crippen LogP contribution < -0.4 is 10.1 Å². The summed E-state index contributed by atoms with van der Waals surface area (Å²) in [7, 11) is 1.63. The van der Waals surface area contributed by atoms with E-state index in [0.29, 0.717) is 13.1 Å². The van der Waals surface area contributed by atoms with Crippen molar-refractivity contribution in [3.05, 3.63) is 28.2 Å². The van der Waals surface area contributed by atoms with E-state index in [1.165, 1.54) is 0 Å². The lowest BCUT2D eigenvalue weighted by atomic mass is 10.2. The first-order valence-corrected chi connectivity index (χ1v) is 8.08. The van der Waals surface area contributed by atoms with Gasteiger partial charge in [0.05, 0.1) is 18.1 Å². The molecule has 1 aromatic carbocycles. The maximum atomic E-state index is 10.1. The van der Waals surface area contributed by atoms with Gasteiger partial charge in [-0.25, -0.2) is 0 Å². The number of nitrogens with one attached hydrogen (secondary N) is 1. The lowest BCUT2D eigenvalue weighted by Crippen LogP contribution is -2.15. The number of benzene rings is 1. The molecular formula is C16H27BrClNO4. The minimum atomic E-state index is -0.0370. The van der Waals surface area contributed by atoms with Crippen LogP contribution in [-0.2, 0) is 20.8 Å². The van der Waals surface area contributed by atoms with E-state index in [2.05, 4.69) is 21.2 Å². The highest BCUT2D eigenvalue weighted by atomic mass is 79.9. The van der Waals surface area contributed by atoms with Crippen LogP contribution in [-0.4, -0.2) is 39.4 Å². The highest BCUT2D eigenvalue weighted by Crippen LogP contribution is 2.25. The Balaban J connectivity index is 0. The van der Waals surface area contributed by atoms with E-state index in [9.17, 15) is 4.79 Å². The maximum Gasteiger partial charge on any atom is 0.154 e. The molecule has 0 radical (unpaired) electrons. The van der Waals surface area contributed by atoms with Crippen LogP contribution in [0.2, 0.25) is 0 Å². The normalized spacial score (nSPS) is 9.65. The number of halogens is 2. The van der Waals surface area contributed by atoms with Crippen LogP contribution >= 0.6 is 28.3 Å². The Morgan fingerprint density at radius 3 is 2.30 bits per heavy atom. The van der Waals surface area contributed by atoms with Crippen LogP contribution in [0, 0.1) is 0 Å². The Kier molecular flexibility index (Phi) is 17.3. The standard InChI is InChI=1S/C10H12BrNO2.C6H14O2.ClH/c1-14-10-3-2-8(6-9(10)11)7-12-4-5-13;1-4-7-6(3)8-5-2;/h2-3,5-6,12H,4,7H2,1H3;6H,4-5H2,1-3H3;1H. The third-order valence-electron chi connectivity index (χ3n) is 2.58. The molecule has 0 unspecified atom stereocenters. The average molecular weight is 413 g/mol. The van der Waals surface area contributed by atoms with Crippen molar-refractivity contribution in [2.75, 3.05) is 26.9 Å². The summed E-state index contributed by atoms with van der Waals surface area (Å²) >= 11 is 3.39. The first-order chi connectivity index (χ1) is 10.6. The van der Waals surface area contributed by atoms with E-state index in [0.717, 1.165) is 35.3 Å². The summed E-state index contributed by atoms with van der Waals surface area (Å²) < 4.78 is 16.1. The Hall–Kier alpha value is -0.660. The summed E-state index contributed by atoms with van der Waals surface area (Å²) in [6.45, 7) is 8.31. The molecule has 0 atom stereocenters. The van der Waals surface area contributed by atoms with Crippen molar-refractivity contribution in [1.29, 1.82) is 0 Å². The van der Waals surface area contributed by atoms with Crippen molar-refractivity contribution in [3.63, 3.8) is 0 Å². The van der Waals surface area contributed by atoms with Crippen LogP contribution in [0.25, 0.3) is 0 Å². The minimum Gasteiger partial charge on any atom is -0.496 e. The van der Waals surface area contributed by atoms with Gasteiger partial charge in [-0.2, -0.15) is 0 Å². The number of aldehydes is 1. The van der Waals surface area contributed by atoms with E-state index in [4.69, 9.17) is 14.2 Å². The number of carbonyl (C=O) groups is 1. The molecule has 0 saturated carbocycles. The zero-order valence-electron chi connectivity index (χ0n) is 14.1. The quantitative estimate of drug-likeness (QED) is 0.382. The summed E-state index contributed by atoms with van der Waals surface area (Å²) in [6, 6.07) is 5.82. The van der Waals surface area contributed by atoms with Gasteiger partial charge in [0.25, 0.3) is 0 Å². The van der Waals surface area contributed by atoms with Crippen molar-refractivity contribution in [1.82, 2.24) is 5.32 Å². The number of ether oxygens (including phenoxy) is 3. The maximum absolute atomic E-state index is 10.1. The van der Waals surface area contributed by atoms with Gasteiger partial charge in [0.15, 0.2) is 6.29 Å². The second-order valence-corrected chi connectivity index (χ2v) is 5.10. The molecule has 23 heavy (non-hydrogen) atoms. The van der Waals surface area contributed by atoms with Crippen LogP contribution in [0.1, 0.15) is 26.3 Å². The lowest BCUT2D eigenvalue weighted by molar-refractivity contribution is -0.123. The van der Waals surface area contributed by atoms with E-state index in [1.54, 1.807) is 7.11 Å². The van der Waals surface area contributed by atoms with Crippen molar-refractivity contribution in [2.45, 2.75) is 33.6 Å². The summed E-state index contributed by atoms with van der Waals surface area (Å²) in [4.78, 5) is 10.1. The molecule has 1 aromatic rings. The molecule has 0 fully saturated rings. The highest BCUT2D eigenvalue weighted by Gasteiger charge is 2.00. The monoisotopic (exact) mass is 411 g/mol. The van der Waals surface area contributed by atoms with Crippen molar-refractivity contribution in [2.24, 2.45) is 0 Å². The zero-order valence-corrected chi connectivity index (χ0v) is 16.5. The molecule has 0 heterocycles. The number of methoxy groups -OCH3 is 1. The van der Waals surface area contributed by atoms with Gasteiger partial charge in [-0.15, -0.1) is 12.4 Å². The molecule has 0 spiro atoms. The van der Waals surface area contributed by atoms with Gasteiger partial charge in [-0.3, -0.25) is 0 Å². The molecule has 0 aliphatic carbocycles. The molecule has 0 aliphatic heterocycles. The van der Waals surface area contributed by atoms with E-state index in [1.807, 2.05) is 39.0 Å². The fraction of sp³-hybridized carbons (Fsp3) is 0.562. The second-order valence-electron chi connectivity index (χ2n) is 4.24. The molecule has 5 nitrogen and oxygen atoms in total. The molecule has 0 aromatic heterocycles. The van der Waals surface area contributed by atoms with Crippen LogP contribution in [0.15, 0.2) is 22.7 Å². The van der Waals surface area contributed by atoms with Gasteiger partial charge in [0.2, 0.25) is 0 Å². The minimum absolute atomic E-state index is 0. The molecule has 0 saturated heterocycles. The van der Waals surface area contributed by atoms with E-state index < -0.39 is 0 Å². The largest absolute Gasteiger partial charge is 0.496 e. The molecule has 0 bridgehead atoms. The Labute approximate surface area is 153 Å². The predicted molar refractivity (Wildman–Crippen MR) is 98.4 cm³/mol. The van der Waals surface area contributed by atoms with Crippen LogP contribution in [0.5, 0.6) is 5.75 Å². The fourth-order valence-corrected chi connectivity index (χ4v) is 2.20. The zero-order chi connectivity index (χ0) is 16.8. The Bertz CT molecular complexity index is 415. The molecular weight excluding hydrogens is 386 g/mol.